The van der Waals surface area contributed by atoms with Gasteiger partial charge in [-0.05, 0) is 44.9 Å². The van der Waals surface area contributed by atoms with Crippen LogP contribution in [0, 0.1) is 0 Å². The Hall–Kier alpha value is -1.05. The third-order valence-electron chi connectivity index (χ3n) is 5.82. The van der Waals surface area contributed by atoms with E-state index in [0.29, 0.717) is 6.42 Å². The van der Waals surface area contributed by atoms with Crippen LogP contribution >= 0.6 is 0 Å². The summed E-state index contributed by atoms with van der Waals surface area (Å²) in [5.74, 6) is -0.654. The maximum Gasteiger partial charge on any atom is 0.303 e. The van der Waals surface area contributed by atoms with E-state index in [1.165, 1.54) is 122 Å². The van der Waals surface area contributed by atoms with Crippen LogP contribution in [0.4, 0.5) is 0 Å². The van der Waals surface area contributed by atoms with Crippen LogP contribution in [0.25, 0.3) is 0 Å². The van der Waals surface area contributed by atoms with E-state index in [-0.39, 0.29) is 0 Å². The third-order valence-corrected chi connectivity index (χ3v) is 5.82. The SMILES string of the molecule is CCCCCC/C=C/CC/C=C/CCCCCCCCCCCCCCCC(=O)O. The number of hydrogen-bond donors (Lipinski definition) is 1. The number of carbonyl (C=O) groups is 1. The summed E-state index contributed by atoms with van der Waals surface area (Å²) < 4.78 is 0. The maximum atomic E-state index is 10.4. The van der Waals surface area contributed by atoms with Crippen molar-refractivity contribution in [1.82, 2.24) is 0 Å². The molecule has 2 nitrogen and oxygen atoms in total. The number of rotatable bonds is 24. The molecule has 0 unspecified atom stereocenters. The van der Waals surface area contributed by atoms with E-state index in [2.05, 4.69) is 31.2 Å². The fraction of sp³-hybridized carbons (Fsp3) is 0.821. The van der Waals surface area contributed by atoms with Crippen LogP contribution in [0.5, 0.6) is 0 Å². The highest BCUT2D eigenvalue weighted by Gasteiger charge is 1.97. The first-order valence-electron chi connectivity index (χ1n) is 13.3. The highest BCUT2D eigenvalue weighted by molar-refractivity contribution is 5.66. The molecule has 0 aliphatic heterocycles. The molecule has 0 amide bonds. The molecule has 0 fully saturated rings. The molecule has 2 heteroatoms. The summed E-state index contributed by atoms with van der Waals surface area (Å²) in [5.41, 5.74) is 0. The van der Waals surface area contributed by atoms with Gasteiger partial charge in [0.2, 0.25) is 0 Å². The number of allylic oxidation sites excluding steroid dienone is 4. The van der Waals surface area contributed by atoms with Gasteiger partial charge in [0, 0.05) is 6.42 Å². The zero-order valence-corrected chi connectivity index (χ0v) is 20.2. The van der Waals surface area contributed by atoms with Crippen LogP contribution in [0.15, 0.2) is 24.3 Å². The van der Waals surface area contributed by atoms with E-state index in [1.54, 1.807) is 0 Å². The monoisotopic (exact) mass is 420 g/mol. The van der Waals surface area contributed by atoms with Crippen molar-refractivity contribution in [3.8, 4) is 0 Å². The normalized spacial score (nSPS) is 11.8. The average molecular weight is 421 g/mol. The van der Waals surface area contributed by atoms with Crippen molar-refractivity contribution in [3.05, 3.63) is 24.3 Å². The molecule has 0 heterocycles. The first-order valence-corrected chi connectivity index (χ1v) is 13.3. The fourth-order valence-corrected chi connectivity index (χ4v) is 3.84. The van der Waals surface area contributed by atoms with Crippen LogP contribution in [-0.4, -0.2) is 11.1 Å². The highest BCUT2D eigenvalue weighted by Crippen LogP contribution is 2.13. The predicted octanol–water partition coefficient (Wildman–Crippen LogP) is 9.79. The second-order valence-electron chi connectivity index (χ2n) is 8.90. The molecule has 1 N–H and O–H groups in total. The van der Waals surface area contributed by atoms with Gasteiger partial charge >= 0.3 is 5.97 Å². The maximum absolute atomic E-state index is 10.4. The Labute approximate surface area is 188 Å². The van der Waals surface area contributed by atoms with Gasteiger partial charge in [-0.2, -0.15) is 0 Å². The van der Waals surface area contributed by atoms with Gasteiger partial charge < -0.3 is 5.11 Å². The first-order chi connectivity index (χ1) is 14.8. The van der Waals surface area contributed by atoms with Crippen LogP contribution < -0.4 is 0 Å². The molecule has 0 spiro atoms. The molecule has 30 heavy (non-hydrogen) atoms. The second-order valence-corrected chi connectivity index (χ2v) is 8.90. The molecule has 0 aromatic heterocycles. The molecule has 0 radical (unpaired) electrons. The van der Waals surface area contributed by atoms with Crippen molar-refractivity contribution in [2.45, 2.75) is 148 Å². The summed E-state index contributed by atoms with van der Waals surface area (Å²) in [6, 6.07) is 0. The van der Waals surface area contributed by atoms with Gasteiger partial charge in [-0.15, -0.1) is 0 Å². The number of hydrogen-bond acceptors (Lipinski definition) is 1. The van der Waals surface area contributed by atoms with Gasteiger partial charge in [0.05, 0.1) is 0 Å². The number of carboxylic acid groups (broad SMARTS) is 1. The summed E-state index contributed by atoms with van der Waals surface area (Å²) in [7, 11) is 0. The first kappa shape index (κ1) is 28.9. The summed E-state index contributed by atoms with van der Waals surface area (Å²) in [5, 5.41) is 8.59. The number of carboxylic acids is 1. The molecule has 0 bridgehead atoms. The molecule has 0 saturated heterocycles. The van der Waals surface area contributed by atoms with Crippen LogP contribution in [0.1, 0.15) is 148 Å². The minimum absolute atomic E-state index is 0.340. The zero-order chi connectivity index (χ0) is 22.0. The van der Waals surface area contributed by atoms with E-state index in [9.17, 15) is 4.79 Å². The van der Waals surface area contributed by atoms with Crippen molar-refractivity contribution in [2.75, 3.05) is 0 Å². The Morgan fingerprint density at radius 2 is 0.833 bits per heavy atom. The van der Waals surface area contributed by atoms with Crippen LogP contribution in [0.3, 0.4) is 0 Å². The van der Waals surface area contributed by atoms with Crippen LogP contribution in [0.2, 0.25) is 0 Å². The minimum Gasteiger partial charge on any atom is -0.481 e. The Kier molecular flexibility index (Phi) is 25.1. The Morgan fingerprint density at radius 3 is 1.23 bits per heavy atom. The van der Waals surface area contributed by atoms with Crippen molar-refractivity contribution in [2.24, 2.45) is 0 Å². The van der Waals surface area contributed by atoms with Crippen LogP contribution in [-0.2, 0) is 4.79 Å². The van der Waals surface area contributed by atoms with E-state index in [1.807, 2.05) is 0 Å². The van der Waals surface area contributed by atoms with Gasteiger partial charge in [0.1, 0.15) is 0 Å². The molecular weight excluding hydrogens is 368 g/mol. The summed E-state index contributed by atoms with van der Waals surface area (Å²) >= 11 is 0. The van der Waals surface area contributed by atoms with Gasteiger partial charge in [0.15, 0.2) is 0 Å². The predicted molar refractivity (Wildman–Crippen MR) is 133 cm³/mol. The topological polar surface area (TPSA) is 37.3 Å². The lowest BCUT2D eigenvalue weighted by molar-refractivity contribution is -0.137. The number of unbranched alkanes of at least 4 members (excludes halogenated alkanes) is 18. The van der Waals surface area contributed by atoms with Gasteiger partial charge in [-0.1, -0.05) is 121 Å². The molecule has 0 saturated carbocycles. The molecule has 176 valence electrons. The average Bonchev–Trinajstić information content (AvgIpc) is 2.73. The smallest absolute Gasteiger partial charge is 0.303 e. The largest absolute Gasteiger partial charge is 0.481 e. The minimum atomic E-state index is -0.654. The van der Waals surface area contributed by atoms with Crippen molar-refractivity contribution in [1.29, 1.82) is 0 Å². The van der Waals surface area contributed by atoms with Crippen molar-refractivity contribution >= 4 is 5.97 Å². The lowest BCUT2D eigenvalue weighted by Crippen LogP contribution is -1.93. The van der Waals surface area contributed by atoms with Gasteiger partial charge in [0.25, 0.3) is 0 Å². The van der Waals surface area contributed by atoms with E-state index < -0.39 is 5.97 Å². The molecule has 0 rings (SSSR count). The summed E-state index contributed by atoms with van der Waals surface area (Å²) in [6.07, 6.45) is 37.0. The van der Waals surface area contributed by atoms with Gasteiger partial charge in [-0.3, -0.25) is 4.79 Å². The second kappa shape index (κ2) is 26.0. The molecule has 0 aromatic rings. The molecule has 0 aliphatic rings. The van der Waals surface area contributed by atoms with E-state index in [0.717, 1.165) is 12.8 Å². The zero-order valence-electron chi connectivity index (χ0n) is 20.2. The highest BCUT2D eigenvalue weighted by atomic mass is 16.4. The lowest BCUT2D eigenvalue weighted by atomic mass is 10.0. The third kappa shape index (κ3) is 27.0. The lowest BCUT2D eigenvalue weighted by Gasteiger charge is -2.03. The van der Waals surface area contributed by atoms with Crippen molar-refractivity contribution < 1.29 is 9.90 Å². The Balaban J connectivity index is 3.13. The molecule has 0 aromatic carbocycles. The van der Waals surface area contributed by atoms with E-state index in [4.69, 9.17) is 5.11 Å². The van der Waals surface area contributed by atoms with Gasteiger partial charge in [-0.25, -0.2) is 0 Å². The molecule has 0 atom stereocenters. The number of aliphatic carboxylic acids is 1. The summed E-state index contributed by atoms with van der Waals surface area (Å²) in [4.78, 5) is 10.4. The Bertz CT molecular complexity index is 397. The molecular formula is C28H52O2. The quantitative estimate of drug-likeness (QED) is 0.125. The van der Waals surface area contributed by atoms with E-state index >= 15 is 0 Å². The summed E-state index contributed by atoms with van der Waals surface area (Å²) in [6.45, 7) is 2.27. The fourth-order valence-electron chi connectivity index (χ4n) is 3.84. The molecule has 0 aliphatic carbocycles. The Morgan fingerprint density at radius 1 is 0.500 bits per heavy atom. The standard InChI is InChI=1S/C28H52O2/c1-2-3-4-5-6-7-8-9-10-11-12-13-14-15-16-17-18-19-20-21-22-23-24-25-26-27-28(29)30/h7-8,11-12H,2-6,9-10,13-27H2,1H3,(H,29,30)/b8-7+,12-11+. The van der Waals surface area contributed by atoms with Crippen molar-refractivity contribution in [3.63, 3.8) is 0 Å².